The van der Waals surface area contributed by atoms with Crippen LogP contribution in [0, 0.1) is 0 Å². The zero-order valence-electron chi connectivity index (χ0n) is 11.0. The van der Waals surface area contributed by atoms with Crippen LogP contribution in [0.15, 0.2) is 0 Å². The maximum atomic E-state index is 11.6. The van der Waals surface area contributed by atoms with Crippen LogP contribution in [0.5, 0.6) is 0 Å². The third kappa shape index (κ3) is 7.65. The van der Waals surface area contributed by atoms with Crippen LogP contribution >= 0.6 is 0 Å². The molecule has 2 N–H and O–H groups in total. The summed E-state index contributed by atoms with van der Waals surface area (Å²) in [5.74, 6) is 0.0517. The first-order chi connectivity index (χ1) is 7.63. The molecule has 0 aromatic rings. The lowest BCUT2D eigenvalue weighted by atomic mass is 10.2. The molecule has 0 rings (SSSR count). The summed E-state index contributed by atoms with van der Waals surface area (Å²) >= 11 is 0. The van der Waals surface area contributed by atoms with Gasteiger partial charge in [0.2, 0.25) is 5.91 Å². The Morgan fingerprint density at radius 2 is 2.06 bits per heavy atom. The number of amides is 1. The zero-order valence-corrected chi connectivity index (χ0v) is 11.0. The van der Waals surface area contributed by atoms with Gasteiger partial charge in [0, 0.05) is 13.2 Å². The minimum Gasteiger partial charge on any atom is -0.383 e. The van der Waals surface area contributed by atoms with Gasteiger partial charge in [-0.1, -0.05) is 20.3 Å². The summed E-state index contributed by atoms with van der Waals surface area (Å²) in [6.07, 6.45) is 3.04. The number of hydrogen-bond acceptors (Lipinski definition) is 3. The number of rotatable bonds is 9. The summed E-state index contributed by atoms with van der Waals surface area (Å²) in [7, 11) is 1.66. The third-order valence-electron chi connectivity index (χ3n) is 2.59. The average Bonchev–Trinajstić information content (AvgIpc) is 2.26. The standard InChI is InChI=1S/C12H26N2O2/c1-5-7-11(9-16-4)14-12(15)8-13-10(3)6-2/h10-11,13H,5-9H2,1-4H3,(H,14,15). The van der Waals surface area contributed by atoms with Gasteiger partial charge in [-0.3, -0.25) is 4.79 Å². The molecule has 4 nitrogen and oxygen atoms in total. The van der Waals surface area contributed by atoms with Crippen LogP contribution in [0.4, 0.5) is 0 Å². The van der Waals surface area contributed by atoms with Crippen molar-refractivity contribution < 1.29 is 9.53 Å². The Morgan fingerprint density at radius 3 is 2.56 bits per heavy atom. The van der Waals surface area contributed by atoms with E-state index >= 15 is 0 Å². The quantitative estimate of drug-likeness (QED) is 0.628. The number of carbonyl (C=O) groups excluding carboxylic acids is 1. The Morgan fingerprint density at radius 1 is 1.38 bits per heavy atom. The smallest absolute Gasteiger partial charge is 0.234 e. The Balaban J connectivity index is 3.80. The molecular formula is C12H26N2O2. The molecule has 0 saturated heterocycles. The highest BCUT2D eigenvalue weighted by Crippen LogP contribution is 1.97. The van der Waals surface area contributed by atoms with Crippen LogP contribution in [0.3, 0.4) is 0 Å². The fourth-order valence-corrected chi connectivity index (χ4v) is 1.44. The van der Waals surface area contributed by atoms with E-state index in [4.69, 9.17) is 4.74 Å². The summed E-state index contributed by atoms with van der Waals surface area (Å²) in [4.78, 5) is 11.6. The first kappa shape index (κ1) is 15.4. The molecule has 0 aliphatic rings. The van der Waals surface area contributed by atoms with E-state index in [0.29, 0.717) is 19.2 Å². The topological polar surface area (TPSA) is 50.4 Å². The first-order valence-corrected chi connectivity index (χ1v) is 6.15. The highest BCUT2D eigenvalue weighted by Gasteiger charge is 2.11. The minimum absolute atomic E-state index is 0.0517. The molecular weight excluding hydrogens is 204 g/mol. The highest BCUT2D eigenvalue weighted by molar-refractivity contribution is 5.78. The van der Waals surface area contributed by atoms with E-state index in [9.17, 15) is 4.79 Å². The molecule has 0 spiro atoms. The first-order valence-electron chi connectivity index (χ1n) is 6.15. The van der Waals surface area contributed by atoms with Crippen LogP contribution in [0.1, 0.15) is 40.0 Å². The van der Waals surface area contributed by atoms with Crippen LogP contribution in [0.25, 0.3) is 0 Å². The molecule has 0 aliphatic carbocycles. The lowest BCUT2D eigenvalue weighted by molar-refractivity contribution is -0.121. The molecule has 0 saturated carbocycles. The fraction of sp³-hybridized carbons (Fsp3) is 0.917. The van der Waals surface area contributed by atoms with E-state index in [-0.39, 0.29) is 11.9 Å². The maximum Gasteiger partial charge on any atom is 0.234 e. The van der Waals surface area contributed by atoms with Crippen molar-refractivity contribution in [3.05, 3.63) is 0 Å². The van der Waals surface area contributed by atoms with Gasteiger partial charge >= 0.3 is 0 Å². The Bertz CT molecular complexity index is 180. The van der Waals surface area contributed by atoms with Crippen molar-refractivity contribution in [2.45, 2.75) is 52.1 Å². The lowest BCUT2D eigenvalue weighted by Gasteiger charge is -2.18. The van der Waals surface area contributed by atoms with E-state index < -0.39 is 0 Å². The number of hydrogen-bond donors (Lipinski definition) is 2. The van der Waals surface area contributed by atoms with Gasteiger partial charge in [-0.15, -0.1) is 0 Å². The van der Waals surface area contributed by atoms with Crippen molar-refractivity contribution in [2.75, 3.05) is 20.3 Å². The van der Waals surface area contributed by atoms with Gasteiger partial charge in [0.05, 0.1) is 19.2 Å². The van der Waals surface area contributed by atoms with Gasteiger partial charge in [0.25, 0.3) is 0 Å². The third-order valence-corrected chi connectivity index (χ3v) is 2.59. The van der Waals surface area contributed by atoms with E-state index in [1.54, 1.807) is 7.11 Å². The molecule has 2 unspecified atom stereocenters. The molecule has 16 heavy (non-hydrogen) atoms. The van der Waals surface area contributed by atoms with Crippen molar-refractivity contribution in [2.24, 2.45) is 0 Å². The SMILES string of the molecule is CCCC(COC)NC(=O)CNC(C)CC. The van der Waals surface area contributed by atoms with Crippen LogP contribution < -0.4 is 10.6 Å². The molecule has 0 heterocycles. The van der Waals surface area contributed by atoms with Gasteiger partial charge in [0.15, 0.2) is 0 Å². The fourth-order valence-electron chi connectivity index (χ4n) is 1.44. The lowest BCUT2D eigenvalue weighted by Crippen LogP contribution is -2.44. The van der Waals surface area contributed by atoms with E-state index in [1.165, 1.54) is 0 Å². The predicted octanol–water partition coefficient (Wildman–Crippen LogP) is 1.31. The molecule has 0 radical (unpaired) electrons. The molecule has 0 bridgehead atoms. The molecule has 2 atom stereocenters. The Kier molecular flexibility index (Phi) is 9.24. The summed E-state index contributed by atoms with van der Waals surface area (Å²) in [5.41, 5.74) is 0. The van der Waals surface area contributed by atoms with E-state index in [1.807, 2.05) is 0 Å². The molecule has 0 aromatic carbocycles. The van der Waals surface area contributed by atoms with E-state index in [0.717, 1.165) is 19.3 Å². The molecule has 0 aliphatic heterocycles. The van der Waals surface area contributed by atoms with Gasteiger partial charge in [-0.05, 0) is 19.8 Å². The number of nitrogens with one attached hydrogen (secondary N) is 2. The van der Waals surface area contributed by atoms with Gasteiger partial charge in [0.1, 0.15) is 0 Å². The number of ether oxygens (including phenoxy) is 1. The van der Waals surface area contributed by atoms with Crippen molar-refractivity contribution in [1.82, 2.24) is 10.6 Å². The maximum absolute atomic E-state index is 11.6. The van der Waals surface area contributed by atoms with Crippen LogP contribution in [0.2, 0.25) is 0 Å². The van der Waals surface area contributed by atoms with Crippen molar-refractivity contribution in [3.8, 4) is 0 Å². The summed E-state index contributed by atoms with van der Waals surface area (Å²) < 4.78 is 5.07. The second kappa shape index (κ2) is 9.60. The van der Waals surface area contributed by atoms with Gasteiger partial charge < -0.3 is 15.4 Å². The minimum atomic E-state index is 0.0517. The zero-order chi connectivity index (χ0) is 12.4. The van der Waals surface area contributed by atoms with Gasteiger partial charge in [-0.25, -0.2) is 0 Å². The summed E-state index contributed by atoms with van der Waals surface area (Å²) in [6.45, 7) is 7.25. The van der Waals surface area contributed by atoms with Crippen molar-refractivity contribution >= 4 is 5.91 Å². The number of carbonyl (C=O) groups is 1. The molecule has 96 valence electrons. The Hall–Kier alpha value is -0.610. The van der Waals surface area contributed by atoms with Crippen molar-refractivity contribution in [3.63, 3.8) is 0 Å². The second-order valence-electron chi connectivity index (χ2n) is 4.20. The molecule has 0 aromatic heterocycles. The van der Waals surface area contributed by atoms with Crippen LogP contribution in [-0.2, 0) is 9.53 Å². The second-order valence-corrected chi connectivity index (χ2v) is 4.20. The van der Waals surface area contributed by atoms with Crippen molar-refractivity contribution in [1.29, 1.82) is 0 Å². The molecule has 1 amide bonds. The average molecular weight is 230 g/mol. The summed E-state index contributed by atoms with van der Waals surface area (Å²) in [5, 5.41) is 6.14. The van der Waals surface area contributed by atoms with E-state index in [2.05, 4.69) is 31.4 Å². The monoisotopic (exact) mass is 230 g/mol. The number of methoxy groups -OCH3 is 1. The van der Waals surface area contributed by atoms with Gasteiger partial charge in [-0.2, -0.15) is 0 Å². The highest BCUT2D eigenvalue weighted by atomic mass is 16.5. The largest absolute Gasteiger partial charge is 0.383 e. The molecule has 0 fully saturated rings. The summed E-state index contributed by atoms with van der Waals surface area (Å²) in [6, 6.07) is 0.527. The van der Waals surface area contributed by atoms with Crippen LogP contribution in [-0.4, -0.2) is 38.3 Å². The predicted molar refractivity (Wildman–Crippen MR) is 66.5 cm³/mol. The Labute approximate surface area is 99.1 Å². The normalized spacial score (nSPS) is 14.5. The molecule has 4 heteroatoms.